The number of thiophene rings is 1. The fourth-order valence-corrected chi connectivity index (χ4v) is 1.71. The molecular weight excluding hydrogens is 160 g/mol. The smallest absolute Gasteiger partial charge is 0.106 e. The first-order chi connectivity index (χ1) is 5.13. The lowest BCUT2D eigenvalue weighted by Gasteiger charge is -2.12. The van der Waals surface area contributed by atoms with Crippen LogP contribution in [0.3, 0.4) is 0 Å². The predicted molar refractivity (Wildman–Crippen MR) is 45.7 cm³/mol. The largest absolute Gasteiger partial charge is 0.390 e. The molecule has 1 rings (SSSR count). The predicted octanol–water partition coefficient (Wildman–Crippen LogP) is 1.47. The lowest BCUT2D eigenvalue weighted by Crippen LogP contribution is -2.13. The summed E-state index contributed by atoms with van der Waals surface area (Å²) in [5, 5.41) is 20.4. The van der Waals surface area contributed by atoms with Crippen molar-refractivity contribution in [3.05, 3.63) is 21.9 Å². The molecule has 0 radical (unpaired) electrons. The first kappa shape index (κ1) is 8.71. The van der Waals surface area contributed by atoms with E-state index in [1.165, 1.54) is 0 Å². The highest BCUT2D eigenvalue weighted by Crippen LogP contribution is 2.24. The van der Waals surface area contributed by atoms with E-state index in [1.807, 2.05) is 18.4 Å². The Bertz CT molecular complexity index is 230. The van der Waals surface area contributed by atoms with Gasteiger partial charge in [0.05, 0.1) is 6.10 Å². The molecular formula is C8H12O2S. The van der Waals surface area contributed by atoms with Crippen LogP contribution in [0.2, 0.25) is 0 Å². The summed E-state index contributed by atoms with van der Waals surface area (Å²) in [6.45, 7) is 3.52. The first-order valence-corrected chi connectivity index (χ1v) is 4.41. The van der Waals surface area contributed by atoms with Crippen molar-refractivity contribution in [2.24, 2.45) is 0 Å². The zero-order valence-corrected chi connectivity index (χ0v) is 7.43. The van der Waals surface area contributed by atoms with Gasteiger partial charge in [0.2, 0.25) is 0 Å². The molecule has 1 aromatic heterocycles. The van der Waals surface area contributed by atoms with Gasteiger partial charge >= 0.3 is 0 Å². The summed E-state index contributed by atoms with van der Waals surface area (Å²) in [5.41, 5.74) is 0.838. The molecule has 0 aliphatic rings. The van der Waals surface area contributed by atoms with Crippen molar-refractivity contribution in [3.63, 3.8) is 0 Å². The number of aliphatic hydroxyl groups excluding tert-OH is 2. The van der Waals surface area contributed by atoms with Crippen molar-refractivity contribution in [3.8, 4) is 0 Å². The van der Waals surface area contributed by atoms with Gasteiger partial charge in [-0.1, -0.05) is 0 Å². The van der Waals surface area contributed by atoms with Crippen molar-refractivity contribution in [1.29, 1.82) is 0 Å². The zero-order chi connectivity index (χ0) is 8.43. The normalized spacial score (nSPS) is 16.4. The molecule has 2 unspecified atom stereocenters. The number of rotatable bonds is 2. The number of aryl methyl sites for hydroxylation is 1. The van der Waals surface area contributed by atoms with Crippen LogP contribution in [0.1, 0.15) is 23.5 Å². The Balaban J connectivity index is 2.84. The van der Waals surface area contributed by atoms with Crippen molar-refractivity contribution in [2.75, 3.05) is 0 Å². The number of aliphatic hydroxyl groups is 2. The van der Waals surface area contributed by atoms with E-state index in [2.05, 4.69) is 0 Å². The molecule has 0 spiro atoms. The Morgan fingerprint density at radius 2 is 2.09 bits per heavy atom. The van der Waals surface area contributed by atoms with Gasteiger partial charge in [-0.15, -0.1) is 11.3 Å². The van der Waals surface area contributed by atoms with Crippen molar-refractivity contribution < 1.29 is 10.2 Å². The molecule has 3 heteroatoms. The van der Waals surface area contributed by atoms with Crippen LogP contribution >= 0.6 is 11.3 Å². The van der Waals surface area contributed by atoms with Crippen LogP contribution in [0.15, 0.2) is 11.4 Å². The van der Waals surface area contributed by atoms with E-state index in [0.717, 1.165) is 10.4 Å². The lowest BCUT2D eigenvalue weighted by atomic mass is 10.1. The van der Waals surface area contributed by atoms with Gasteiger partial charge in [0.15, 0.2) is 0 Å². The summed E-state index contributed by atoms with van der Waals surface area (Å²) in [5.74, 6) is 0. The quantitative estimate of drug-likeness (QED) is 0.709. The molecule has 0 saturated carbocycles. The van der Waals surface area contributed by atoms with Crippen LogP contribution in [-0.2, 0) is 0 Å². The highest BCUT2D eigenvalue weighted by Gasteiger charge is 2.15. The fourth-order valence-electron chi connectivity index (χ4n) is 0.961. The maximum Gasteiger partial charge on any atom is 0.106 e. The highest BCUT2D eigenvalue weighted by molar-refractivity contribution is 7.10. The van der Waals surface area contributed by atoms with Crippen LogP contribution in [0.4, 0.5) is 0 Å². The second kappa shape index (κ2) is 3.34. The van der Waals surface area contributed by atoms with Gasteiger partial charge in [-0.3, -0.25) is 0 Å². The molecule has 0 amide bonds. The third kappa shape index (κ3) is 1.80. The van der Waals surface area contributed by atoms with Crippen LogP contribution in [0.5, 0.6) is 0 Å². The SMILES string of the molecule is Cc1sccc1C(O)C(C)O. The number of hydrogen-bond donors (Lipinski definition) is 2. The molecule has 0 aliphatic heterocycles. The molecule has 0 fully saturated rings. The van der Waals surface area contributed by atoms with Gasteiger partial charge in [0.1, 0.15) is 6.10 Å². The Labute approximate surface area is 70.1 Å². The summed E-state index contributed by atoms with van der Waals surface area (Å²) in [7, 11) is 0. The minimum atomic E-state index is -0.735. The van der Waals surface area contributed by atoms with E-state index in [1.54, 1.807) is 18.3 Å². The van der Waals surface area contributed by atoms with E-state index in [-0.39, 0.29) is 0 Å². The number of hydrogen-bond acceptors (Lipinski definition) is 3. The van der Waals surface area contributed by atoms with Gasteiger partial charge in [-0.05, 0) is 30.9 Å². The Hall–Kier alpha value is -0.380. The van der Waals surface area contributed by atoms with Gasteiger partial charge in [0.25, 0.3) is 0 Å². The third-order valence-corrected chi connectivity index (χ3v) is 2.54. The zero-order valence-electron chi connectivity index (χ0n) is 6.61. The van der Waals surface area contributed by atoms with E-state index in [0.29, 0.717) is 0 Å². The maximum atomic E-state index is 9.42. The summed E-state index contributed by atoms with van der Waals surface area (Å²) >= 11 is 1.58. The van der Waals surface area contributed by atoms with E-state index in [4.69, 9.17) is 5.11 Å². The topological polar surface area (TPSA) is 40.5 Å². The second-order valence-corrected chi connectivity index (χ2v) is 3.74. The Kier molecular flexibility index (Phi) is 2.65. The van der Waals surface area contributed by atoms with Gasteiger partial charge < -0.3 is 10.2 Å². The molecule has 1 aromatic rings. The second-order valence-electron chi connectivity index (χ2n) is 2.62. The highest BCUT2D eigenvalue weighted by atomic mass is 32.1. The Morgan fingerprint density at radius 1 is 1.45 bits per heavy atom. The van der Waals surface area contributed by atoms with E-state index >= 15 is 0 Å². The fraction of sp³-hybridized carbons (Fsp3) is 0.500. The van der Waals surface area contributed by atoms with Crippen molar-refractivity contribution in [1.82, 2.24) is 0 Å². The summed E-state index contributed by atoms with van der Waals surface area (Å²) < 4.78 is 0. The minimum absolute atomic E-state index is 0.691. The lowest BCUT2D eigenvalue weighted by molar-refractivity contribution is 0.0304. The molecule has 1 heterocycles. The van der Waals surface area contributed by atoms with E-state index < -0.39 is 12.2 Å². The van der Waals surface area contributed by atoms with Gasteiger partial charge in [-0.2, -0.15) is 0 Å². The molecule has 2 atom stereocenters. The molecule has 0 aliphatic carbocycles. The van der Waals surface area contributed by atoms with Crippen LogP contribution in [0, 0.1) is 6.92 Å². The van der Waals surface area contributed by atoms with Crippen molar-refractivity contribution >= 4 is 11.3 Å². The van der Waals surface area contributed by atoms with Crippen LogP contribution < -0.4 is 0 Å². The molecule has 0 saturated heterocycles. The minimum Gasteiger partial charge on any atom is -0.390 e. The summed E-state index contributed by atoms with van der Waals surface area (Å²) in [6, 6.07) is 1.84. The molecule has 2 N–H and O–H groups in total. The van der Waals surface area contributed by atoms with Crippen LogP contribution in [0.25, 0.3) is 0 Å². The molecule has 0 aromatic carbocycles. The summed E-state index contributed by atoms with van der Waals surface area (Å²) in [6.07, 6.45) is -1.43. The van der Waals surface area contributed by atoms with Gasteiger partial charge in [-0.25, -0.2) is 0 Å². The van der Waals surface area contributed by atoms with E-state index in [9.17, 15) is 5.11 Å². The third-order valence-electron chi connectivity index (χ3n) is 1.67. The summed E-state index contributed by atoms with van der Waals surface area (Å²) in [4.78, 5) is 1.07. The average molecular weight is 172 g/mol. The maximum absolute atomic E-state index is 9.42. The first-order valence-electron chi connectivity index (χ1n) is 3.53. The van der Waals surface area contributed by atoms with Gasteiger partial charge in [0, 0.05) is 4.88 Å². The standard InChI is InChI=1S/C8H12O2S/c1-5(9)8(10)7-3-4-11-6(7)2/h3-5,8-10H,1-2H3. The molecule has 2 nitrogen and oxygen atoms in total. The monoisotopic (exact) mass is 172 g/mol. The average Bonchev–Trinajstić information content (AvgIpc) is 2.33. The molecule has 11 heavy (non-hydrogen) atoms. The molecule has 0 bridgehead atoms. The van der Waals surface area contributed by atoms with Crippen LogP contribution in [-0.4, -0.2) is 16.3 Å². The molecule has 62 valence electrons. The van der Waals surface area contributed by atoms with Crippen molar-refractivity contribution in [2.45, 2.75) is 26.1 Å². The Morgan fingerprint density at radius 3 is 2.45 bits per heavy atom.